The van der Waals surface area contributed by atoms with Gasteiger partial charge in [-0.1, -0.05) is 30.3 Å². The van der Waals surface area contributed by atoms with Crippen LogP contribution in [0.1, 0.15) is 74.7 Å². The van der Waals surface area contributed by atoms with Crippen LogP contribution in [0, 0.1) is 11.8 Å². The van der Waals surface area contributed by atoms with Gasteiger partial charge in [0.25, 0.3) is 0 Å². The molecule has 10 heteroatoms. The molecule has 43 heavy (non-hydrogen) atoms. The first-order chi connectivity index (χ1) is 20.5. The number of nitrogens with one attached hydrogen (secondary N) is 2. The molecule has 3 amide bonds. The minimum atomic E-state index is -0.687. The molecule has 0 spiro atoms. The van der Waals surface area contributed by atoms with Gasteiger partial charge in [0.1, 0.15) is 23.0 Å². The van der Waals surface area contributed by atoms with E-state index in [2.05, 4.69) is 10.6 Å². The van der Waals surface area contributed by atoms with Crippen molar-refractivity contribution in [2.45, 2.75) is 70.4 Å². The average molecular weight is 594 g/mol. The first kappa shape index (κ1) is 31.8. The summed E-state index contributed by atoms with van der Waals surface area (Å²) < 4.78 is 15.5. The van der Waals surface area contributed by atoms with Crippen LogP contribution >= 0.6 is 0 Å². The molecule has 2 unspecified atom stereocenters. The number of benzene rings is 2. The molecule has 0 radical (unpaired) electrons. The number of methoxy groups -OCH3 is 2. The number of nitrogens with zero attached hydrogens (tertiary/aromatic N) is 1. The molecule has 1 heterocycles. The van der Waals surface area contributed by atoms with E-state index in [0.717, 1.165) is 18.4 Å². The van der Waals surface area contributed by atoms with E-state index in [1.165, 1.54) is 14.2 Å². The van der Waals surface area contributed by atoms with Crippen molar-refractivity contribution in [3.05, 3.63) is 59.7 Å². The number of hydrogen-bond donors (Lipinski definition) is 2. The summed E-state index contributed by atoms with van der Waals surface area (Å²) in [5.74, 6) is -0.617. The van der Waals surface area contributed by atoms with Gasteiger partial charge in [0.05, 0.1) is 14.2 Å². The number of carbonyl (C=O) groups is 4. The van der Waals surface area contributed by atoms with Gasteiger partial charge in [-0.2, -0.15) is 0 Å². The van der Waals surface area contributed by atoms with Crippen LogP contribution in [0.3, 0.4) is 0 Å². The average Bonchev–Trinajstić information content (AvgIpc) is 3.44. The summed E-state index contributed by atoms with van der Waals surface area (Å²) >= 11 is 0. The molecule has 1 saturated carbocycles. The van der Waals surface area contributed by atoms with E-state index in [9.17, 15) is 19.2 Å². The lowest BCUT2D eigenvalue weighted by molar-refractivity contribution is -0.141. The van der Waals surface area contributed by atoms with E-state index < -0.39 is 23.7 Å². The van der Waals surface area contributed by atoms with Gasteiger partial charge < -0.3 is 29.7 Å². The number of likely N-dealkylation sites (tertiary alicyclic amines) is 1. The Morgan fingerprint density at radius 3 is 2.26 bits per heavy atom. The molecular formula is C33H43N3O7. The van der Waals surface area contributed by atoms with Gasteiger partial charge in [0.2, 0.25) is 11.8 Å². The van der Waals surface area contributed by atoms with Crippen molar-refractivity contribution < 1.29 is 33.4 Å². The van der Waals surface area contributed by atoms with Gasteiger partial charge in [0, 0.05) is 36.7 Å². The van der Waals surface area contributed by atoms with Crippen molar-refractivity contribution in [1.82, 2.24) is 10.2 Å². The SMILES string of the molecule is COC(=O)c1ccc(NC(=O)C2C(c3ccccc3)CCN2C(=O)[C@H]2CC[C@H](CNC(=O)OC(C)(C)C)CC2)cc1OC. The number of rotatable bonds is 8. The summed E-state index contributed by atoms with van der Waals surface area (Å²) in [5, 5.41) is 5.82. The zero-order chi connectivity index (χ0) is 31.1. The summed E-state index contributed by atoms with van der Waals surface area (Å²) in [4.78, 5) is 53.7. The summed E-state index contributed by atoms with van der Waals surface area (Å²) in [6, 6.07) is 13.9. The van der Waals surface area contributed by atoms with Crippen LogP contribution in [0.5, 0.6) is 5.75 Å². The lowest BCUT2D eigenvalue weighted by Gasteiger charge is -2.34. The Balaban J connectivity index is 1.45. The fraction of sp³-hybridized carbons (Fsp3) is 0.515. The zero-order valence-corrected chi connectivity index (χ0v) is 25.7. The minimum absolute atomic E-state index is 0.00393. The molecular weight excluding hydrogens is 550 g/mol. The van der Waals surface area contributed by atoms with Crippen molar-refractivity contribution in [2.24, 2.45) is 11.8 Å². The first-order valence-electron chi connectivity index (χ1n) is 14.9. The van der Waals surface area contributed by atoms with Crippen molar-refractivity contribution in [3.8, 4) is 5.75 Å². The van der Waals surface area contributed by atoms with Crippen LogP contribution < -0.4 is 15.4 Å². The van der Waals surface area contributed by atoms with Crippen LogP contribution in [-0.2, 0) is 19.1 Å². The Morgan fingerprint density at radius 1 is 0.930 bits per heavy atom. The summed E-state index contributed by atoms with van der Waals surface area (Å²) in [6.07, 6.45) is 3.27. The van der Waals surface area contributed by atoms with Crippen LogP contribution in [-0.4, -0.2) is 67.7 Å². The molecule has 2 aliphatic rings. The van der Waals surface area contributed by atoms with E-state index in [-0.39, 0.29) is 40.9 Å². The fourth-order valence-corrected chi connectivity index (χ4v) is 6.07. The maximum atomic E-state index is 13.9. The van der Waals surface area contributed by atoms with Crippen molar-refractivity contribution in [1.29, 1.82) is 0 Å². The molecule has 4 rings (SSSR count). The third kappa shape index (κ3) is 8.06. The molecule has 232 valence electrons. The van der Waals surface area contributed by atoms with Gasteiger partial charge in [-0.05, 0) is 76.5 Å². The molecule has 2 aromatic carbocycles. The number of hydrogen-bond acceptors (Lipinski definition) is 7. The normalized spacial score (nSPS) is 21.9. The quantitative estimate of drug-likeness (QED) is 0.407. The highest BCUT2D eigenvalue weighted by atomic mass is 16.6. The van der Waals surface area contributed by atoms with Crippen LogP contribution in [0.2, 0.25) is 0 Å². The lowest BCUT2D eigenvalue weighted by atomic mass is 9.81. The highest BCUT2D eigenvalue weighted by Crippen LogP contribution is 2.38. The second kappa shape index (κ2) is 13.9. The highest BCUT2D eigenvalue weighted by Gasteiger charge is 2.44. The van der Waals surface area contributed by atoms with Gasteiger partial charge in [-0.3, -0.25) is 9.59 Å². The standard InChI is InChI=1S/C33H43N3O7/c1-33(2,3)43-32(40)34-20-21-11-13-23(14-12-21)30(38)36-18-17-25(22-9-7-6-8-10-22)28(36)29(37)35-24-15-16-26(31(39)42-5)27(19-24)41-4/h6-10,15-16,19,21,23,25,28H,11-14,17-18,20H2,1-5H3,(H,34,40)(H,35,37)/t21-,23-,25?,28?. The van der Waals surface area contributed by atoms with Crippen LogP contribution in [0.4, 0.5) is 10.5 Å². The van der Waals surface area contributed by atoms with Gasteiger partial charge in [0.15, 0.2) is 0 Å². The molecule has 1 saturated heterocycles. The molecule has 1 aliphatic heterocycles. The second-order valence-electron chi connectivity index (χ2n) is 12.3. The Hall–Kier alpha value is -4.08. The summed E-state index contributed by atoms with van der Waals surface area (Å²) in [7, 11) is 2.73. The van der Waals surface area contributed by atoms with E-state index in [4.69, 9.17) is 14.2 Å². The number of carbonyl (C=O) groups excluding carboxylic acids is 4. The van der Waals surface area contributed by atoms with Gasteiger partial charge >= 0.3 is 12.1 Å². The maximum Gasteiger partial charge on any atom is 0.407 e. The Morgan fingerprint density at radius 2 is 1.63 bits per heavy atom. The van der Waals surface area contributed by atoms with Gasteiger partial charge in [-0.25, -0.2) is 9.59 Å². The van der Waals surface area contributed by atoms with Crippen molar-refractivity contribution >= 4 is 29.6 Å². The summed E-state index contributed by atoms with van der Waals surface area (Å²) in [5.41, 5.74) is 1.16. The van der Waals surface area contributed by atoms with Crippen LogP contribution in [0.15, 0.2) is 48.5 Å². The molecule has 2 N–H and O–H groups in total. The maximum absolute atomic E-state index is 13.9. The fourth-order valence-electron chi connectivity index (χ4n) is 6.07. The smallest absolute Gasteiger partial charge is 0.407 e. The minimum Gasteiger partial charge on any atom is -0.496 e. The molecule has 2 fully saturated rings. The highest BCUT2D eigenvalue weighted by molar-refractivity contribution is 6.00. The van der Waals surface area contributed by atoms with E-state index in [1.807, 2.05) is 51.1 Å². The van der Waals surface area contributed by atoms with E-state index in [0.29, 0.717) is 38.0 Å². The third-order valence-corrected chi connectivity index (χ3v) is 8.18. The van der Waals surface area contributed by atoms with E-state index >= 15 is 0 Å². The number of alkyl carbamates (subject to hydrolysis) is 1. The van der Waals surface area contributed by atoms with Gasteiger partial charge in [-0.15, -0.1) is 0 Å². The molecule has 0 aromatic heterocycles. The monoisotopic (exact) mass is 593 g/mol. The van der Waals surface area contributed by atoms with E-state index in [1.54, 1.807) is 23.1 Å². The molecule has 0 bridgehead atoms. The Kier molecular flexibility index (Phi) is 10.3. The first-order valence-corrected chi connectivity index (χ1v) is 14.9. The number of amides is 3. The van der Waals surface area contributed by atoms with Crippen LogP contribution in [0.25, 0.3) is 0 Å². The molecule has 10 nitrogen and oxygen atoms in total. The number of anilines is 1. The zero-order valence-electron chi connectivity index (χ0n) is 25.7. The summed E-state index contributed by atoms with van der Waals surface area (Å²) in [6.45, 7) is 6.49. The predicted molar refractivity (Wildman–Crippen MR) is 162 cm³/mol. The molecule has 1 aliphatic carbocycles. The second-order valence-corrected chi connectivity index (χ2v) is 12.3. The Bertz CT molecular complexity index is 1300. The number of ether oxygens (including phenoxy) is 3. The lowest BCUT2D eigenvalue weighted by Crippen LogP contribution is -2.48. The third-order valence-electron chi connectivity index (χ3n) is 8.18. The topological polar surface area (TPSA) is 123 Å². The largest absolute Gasteiger partial charge is 0.496 e. The predicted octanol–water partition coefficient (Wildman–Crippen LogP) is 5.14. The van der Waals surface area contributed by atoms with Crippen molar-refractivity contribution in [3.63, 3.8) is 0 Å². The molecule has 2 aromatic rings. The van der Waals surface area contributed by atoms with Crippen molar-refractivity contribution in [2.75, 3.05) is 32.6 Å². The number of esters is 1. The Labute approximate surface area is 253 Å². The molecule has 2 atom stereocenters.